The molecule has 1 N–H and O–H groups in total. The van der Waals surface area contributed by atoms with Gasteiger partial charge in [0.15, 0.2) is 4.90 Å². The minimum Gasteiger partial charge on any atom is -0.593 e. The Balaban J connectivity index is 1.96. The second-order valence-electron chi connectivity index (χ2n) is 5.83. The Labute approximate surface area is 124 Å². The van der Waals surface area contributed by atoms with Gasteiger partial charge in [-0.25, -0.2) is 0 Å². The van der Waals surface area contributed by atoms with Crippen molar-refractivity contribution in [2.24, 2.45) is 11.8 Å². The molecule has 2 atom stereocenters. The van der Waals surface area contributed by atoms with Gasteiger partial charge in [-0.3, -0.25) is 0 Å². The van der Waals surface area contributed by atoms with E-state index in [4.69, 9.17) is 0 Å². The predicted molar refractivity (Wildman–Crippen MR) is 81.2 cm³/mol. The van der Waals surface area contributed by atoms with Crippen molar-refractivity contribution in [1.29, 1.82) is 5.26 Å². The number of nitrogens with one attached hydrogen (secondary N) is 1. The zero-order chi connectivity index (χ0) is 14.5. The molecule has 2 rings (SSSR count). The molecular formula is C16H22N2OS. The molecule has 108 valence electrons. The number of hydrogen-bond donors (Lipinski definition) is 1. The lowest BCUT2D eigenvalue weighted by Crippen LogP contribution is -2.40. The molecule has 0 spiro atoms. The van der Waals surface area contributed by atoms with Gasteiger partial charge in [0.2, 0.25) is 0 Å². The van der Waals surface area contributed by atoms with Crippen LogP contribution in [0.1, 0.15) is 38.2 Å². The zero-order valence-electron chi connectivity index (χ0n) is 12.1. The Morgan fingerprint density at radius 2 is 1.85 bits per heavy atom. The van der Waals surface area contributed by atoms with E-state index in [0.29, 0.717) is 5.92 Å². The third kappa shape index (κ3) is 3.99. The predicted octanol–water partition coefficient (Wildman–Crippen LogP) is 3.33. The molecular weight excluding hydrogens is 268 g/mol. The molecule has 1 aromatic rings. The molecule has 1 fully saturated rings. The Kier molecular flexibility index (Phi) is 5.47. The highest BCUT2D eigenvalue weighted by Gasteiger charge is 2.29. The molecule has 1 aliphatic carbocycles. The average Bonchev–Trinajstić information content (AvgIpc) is 2.46. The molecule has 0 amide bonds. The van der Waals surface area contributed by atoms with E-state index >= 15 is 0 Å². The maximum Gasteiger partial charge on any atom is 0.173 e. The second kappa shape index (κ2) is 7.12. The minimum absolute atomic E-state index is 0.315. The summed E-state index contributed by atoms with van der Waals surface area (Å²) >= 11 is -1.30. The molecule has 0 aromatic heterocycles. The summed E-state index contributed by atoms with van der Waals surface area (Å²) in [4.78, 5) is 0.736. The van der Waals surface area contributed by atoms with Crippen molar-refractivity contribution in [1.82, 2.24) is 4.72 Å². The topological polar surface area (TPSA) is 58.9 Å². The number of rotatable bonds is 4. The number of nitriles is 1. The van der Waals surface area contributed by atoms with Crippen molar-refractivity contribution in [3.63, 3.8) is 0 Å². The molecule has 0 aliphatic heterocycles. The van der Waals surface area contributed by atoms with Gasteiger partial charge in [0.1, 0.15) is 6.04 Å². The Bertz CT molecular complexity index is 460. The Morgan fingerprint density at radius 1 is 1.25 bits per heavy atom. The molecule has 3 nitrogen and oxygen atoms in total. The van der Waals surface area contributed by atoms with E-state index in [9.17, 15) is 9.81 Å². The number of hydrogen-bond acceptors (Lipinski definition) is 3. The van der Waals surface area contributed by atoms with Crippen LogP contribution >= 0.6 is 0 Å². The lowest BCUT2D eigenvalue weighted by molar-refractivity contribution is 0.268. The summed E-state index contributed by atoms with van der Waals surface area (Å²) in [5.74, 6) is 1.08. The van der Waals surface area contributed by atoms with Crippen molar-refractivity contribution >= 4 is 11.4 Å². The van der Waals surface area contributed by atoms with Crippen LogP contribution < -0.4 is 4.72 Å². The van der Waals surface area contributed by atoms with Crippen molar-refractivity contribution in [2.75, 3.05) is 0 Å². The quantitative estimate of drug-likeness (QED) is 0.865. The van der Waals surface area contributed by atoms with E-state index < -0.39 is 11.4 Å². The van der Waals surface area contributed by atoms with E-state index in [1.54, 1.807) is 0 Å². The summed E-state index contributed by atoms with van der Waals surface area (Å²) < 4.78 is 15.3. The second-order valence-corrected chi connectivity index (χ2v) is 7.07. The highest BCUT2D eigenvalue weighted by atomic mass is 32.2. The van der Waals surface area contributed by atoms with Gasteiger partial charge >= 0.3 is 0 Å². The van der Waals surface area contributed by atoms with Crippen LogP contribution in [0.3, 0.4) is 0 Å². The SMILES string of the molecule is Cc1ccc([S@+]([O-])N[C@H](C#N)C2CCC(C)CC2)cc1. The van der Waals surface area contributed by atoms with Crippen molar-refractivity contribution < 1.29 is 4.55 Å². The van der Waals surface area contributed by atoms with Crippen LogP contribution in [-0.2, 0) is 11.4 Å². The molecule has 20 heavy (non-hydrogen) atoms. The van der Waals surface area contributed by atoms with Crippen LogP contribution in [0.15, 0.2) is 29.2 Å². The summed E-state index contributed by atoms with van der Waals surface area (Å²) in [5.41, 5.74) is 1.14. The minimum atomic E-state index is -1.30. The first kappa shape index (κ1) is 15.4. The number of nitrogens with zero attached hydrogens (tertiary/aromatic N) is 1. The Hall–Kier alpha value is -1.02. The van der Waals surface area contributed by atoms with Crippen LogP contribution in [0.25, 0.3) is 0 Å². The van der Waals surface area contributed by atoms with Crippen molar-refractivity contribution in [3.05, 3.63) is 29.8 Å². The highest BCUT2D eigenvalue weighted by molar-refractivity contribution is 7.89. The van der Waals surface area contributed by atoms with Crippen LogP contribution in [0.4, 0.5) is 0 Å². The summed E-state index contributed by atoms with van der Waals surface area (Å²) in [6.07, 6.45) is 4.44. The van der Waals surface area contributed by atoms with Gasteiger partial charge in [-0.1, -0.05) is 37.5 Å². The molecule has 0 radical (unpaired) electrons. The maximum atomic E-state index is 12.3. The normalized spacial score (nSPS) is 25.7. The van der Waals surface area contributed by atoms with Crippen LogP contribution in [-0.4, -0.2) is 10.6 Å². The van der Waals surface area contributed by atoms with Gasteiger partial charge in [-0.2, -0.15) is 5.26 Å². The average molecular weight is 290 g/mol. The monoisotopic (exact) mass is 290 g/mol. The molecule has 4 heteroatoms. The fourth-order valence-electron chi connectivity index (χ4n) is 2.69. The maximum absolute atomic E-state index is 12.3. The third-order valence-electron chi connectivity index (χ3n) is 4.14. The first-order valence-corrected chi connectivity index (χ1v) is 8.39. The van der Waals surface area contributed by atoms with Crippen LogP contribution in [0.5, 0.6) is 0 Å². The van der Waals surface area contributed by atoms with Gasteiger partial charge in [0.05, 0.1) is 17.4 Å². The molecule has 0 bridgehead atoms. The van der Waals surface area contributed by atoms with Gasteiger partial charge in [0.25, 0.3) is 0 Å². The summed E-state index contributed by atoms with van der Waals surface area (Å²) in [6.45, 7) is 4.26. The lowest BCUT2D eigenvalue weighted by atomic mass is 9.80. The molecule has 1 aliphatic rings. The van der Waals surface area contributed by atoms with Crippen molar-refractivity contribution in [2.45, 2.75) is 50.5 Å². The van der Waals surface area contributed by atoms with Gasteiger partial charge < -0.3 is 4.55 Å². The highest BCUT2D eigenvalue weighted by Crippen LogP contribution is 2.30. The fourth-order valence-corrected chi connectivity index (χ4v) is 3.69. The Morgan fingerprint density at radius 3 is 2.40 bits per heavy atom. The number of aryl methyl sites for hydroxylation is 1. The van der Waals surface area contributed by atoms with E-state index in [0.717, 1.165) is 29.2 Å². The standard InChI is InChI=1S/C16H22N2OS/c1-12-3-7-14(8-4-12)16(11-17)18-20(19)15-9-5-13(2)6-10-15/h5-6,9-10,12,14,16,18H,3-4,7-8H2,1-2H3/t12?,14?,16-,20+/m1/s1. The largest absolute Gasteiger partial charge is 0.593 e. The zero-order valence-corrected chi connectivity index (χ0v) is 13.0. The first-order valence-electron chi connectivity index (χ1n) is 7.24. The van der Waals surface area contributed by atoms with Crippen molar-refractivity contribution in [3.8, 4) is 6.07 Å². The molecule has 0 heterocycles. The van der Waals surface area contributed by atoms with Gasteiger partial charge in [0, 0.05) is 0 Å². The van der Waals surface area contributed by atoms with Crippen LogP contribution in [0.2, 0.25) is 0 Å². The molecule has 1 saturated carbocycles. The lowest BCUT2D eigenvalue weighted by Gasteiger charge is -2.29. The summed E-state index contributed by atoms with van der Waals surface area (Å²) in [5, 5.41) is 9.34. The number of benzene rings is 1. The molecule has 0 saturated heterocycles. The summed E-state index contributed by atoms with van der Waals surface area (Å²) in [7, 11) is 0. The molecule has 0 unspecified atom stereocenters. The van der Waals surface area contributed by atoms with E-state index in [1.807, 2.05) is 31.2 Å². The van der Waals surface area contributed by atoms with E-state index in [2.05, 4.69) is 17.7 Å². The van der Waals surface area contributed by atoms with Gasteiger partial charge in [-0.15, -0.1) is 4.72 Å². The first-order chi connectivity index (χ1) is 9.60. The fraction of sp³-hybridized carbons (Fsp3) is 0.562. The van der Waals surface area contributed by atoms with E-state index in [1.165, 1.54) is 12.8 Å². The summed E-state index contributed by atoms with van der Waals surface area (Å²) in [6, 6.07) is 9.58. The third-order valence-corrected chi connectivity index (χ3v) is 5.31. The van der Waals surface area contributed by atoms with E-state index in [-0.39, 0.29) is 6.04 Å². The van der Waals surface area contributed by atoms with Gasteiger partial charge in [-0.05, 0) is 43.7 Å². The van der Waals surface area contributed by atoms with Crippen LogP contribution in [0, 0.1) is 30.1 Å². The molecule has 1 aromatic carbocycles. The smallest absolute Gasteiger partial charge is 0.173 e.